The number of hydrogen-bond acceptors (Lipinski definition) is 3. The van der Waals surface area contributed by atoms with Crippen LogP contribution in [0.5, 0.6) is 0 Å². The minimum Gasteiger partial charge on any atom is -0.325 e. The Balaban J connectivity index is 2.06. The molecule has 0 radical (unpaired) electrons. The maximum Gasteiger partial charge on any atom is 0.249 e. The zero-order valence-electron chi connectivity index (χ0n) is 12.7. The van der Waals surface area contributed by atoms with Gasteiger partial charge in [-0.05, 0) is 36.3 Å². The van der Waals surface area contributed by atoms with Crippen molar-refractivity contribution in [1.82, 2.24) is 0 Å². The van der Waals surface area contributed by atoms with Gasteiger partial charge in [-0.2, -0.15) is 5.26 Å². The molecule has 1 unspecified atom stereocenters. The van der Waals surface area contributed by atoms with Gasteiger partial charge in [0, 0.05) is 5.69 Å². The van der Waals surface area contributed by atoms with E-state index in [0.717, 1.165) is 11.1 Å². The number of anilines is 1. The van der Waals surface area contributed by atoms with E-state index in [9.17, 15) is 9.59 Å². The van der Waals surface area contributed by atoms with Crippen molar-refractivity contribution >= 4 is 23.5 Å². The summed E-state index contributed by atoms with van der Waals surface area (Å²) in [5.74, 6) is -2.53. The van der Waals surface area contributed by atoms with E-state index in [1.54, 1.807) is 30.3 Å². The van der Waals surface area contributed by atoms with Crippen LogP contribution in [0.3, 0.4) is 0 Å². The third-order valence-electron chi connectivity index (χ3n) is 3.20. The van der Waals surface area contributed by atoms with Crippen LogP contribution in [0.2, 0.25) is 0 Å². The summed E-state index contributed by atoms with van der Waals surface area (Å²) in [5.41, 5.74) is 2.37. The predicted octanol–water partition coefficient (Wildman–Crippen LogP) is 3.36. The maximum absolute atomic E-state index is 12.1. The number of amides is 1. The van der Waals surface area contributed by atoms with Crippen LogP contribution >= 0.6 is 0 Å². The molecule has 0 saturated carbocycles. The first kappa shape index (κ1) is 16.2. The molecule has 1 N–H and O–H groups in total. The highest BCUT2D eigenvalue weighted by Gasteiger charge is 2.24. The second-order valence-electron chi connectivity index (χ2n) is 5.07. The number of carbonyl (C=O) groups is 2. The zero-order chi connectivity index (χ0) is 16.7. The SMILES string of the molecule is Cc1cccc(NC(=O)C(C#N)C(=O)/C=C/c2ccccc2)c1. The summed E-state index contributed by atoms with van der Waals surface area (Å²) in [6.45, 7) is 1.89. The molecule has 0 bridgehead atoms. The van der Waals surface area contributed by atoms with Crippen molar-refractivity contribution < 1.29 is 9.59 Å². The fourth-order valence-corrected chi connectivity index (χ4v) is 2.03. The highest BCUT2D eigenvalue weighted by molar-refractivity contribution is 6.14. The number of nitrogens with one attached hydrogen (secondary N) is 1. The van der Waals surface area contributed by atoms with Gasteiger partial charge in [0.25, 0.3) is 0 Å². The average molecular weight is 304 g/mol. The Bertz CT molecular complexity index is 773. The molecule has 2 aromatic rings. The Hall–Kier alpha value is -3.19. The Morgan fingerprint density at radius 2 is 1.87 bits per heavy atom. The Morgan fingerprint density at radius 1 is 1.13 bits per heavy atom. The van der Waals surface area contributed by atoms with Crippen LogP contribution in [0, 0.1) is 24.2 Å². The normalized spacial score (nSPS) is 11.7. The molecule has 4 nitrogen and oxygen atoms in total. The van der Waals surface area contributed by atoms with Gasteiger partial charge < -0.3 is 5.32 Å². The first-order chi connectivity index (χ1) is 11.1. The molecule has 0 aromatic heterocycles. The topological polar surface area (TPSA) is 70.0 Å². The largest absolute Gasteiger partial charge is 0.325 e. The highest BCUT2D eigenvalue weighted by atomic mass is 16.2. The lowest BCUT2D eigenvalue weighted by Crippen LogP contribution is -2.27. The predicted molar refractivity (Wildman–Crippen MR) is 89.4 cm³/mol. The standard InChI is InChI=1S/C19H16N2O2/c1-14-6-5-9-16(12-14)21-19(23)17(13-20)18(22)11-10-15-7-3-2-4-8-15/h2-12,17H,1H3,(H,21,23)/b11-10+. The van der Waals surface area contributed by atoms with Crippen molar-refractivity contribution in [1.29, 1.82) is 5.26 Å². The van der Waals surface area contributed by atoms with Crippen LogP contribution in [0.15, 0.2) is 60.7 Å². The number of ketones is 1. The van der Waals surface area contributed by atoms with E-state index in [-0.39, 0.29) is 0 Å². The molecule has 0 aliphatic carbocycles. The van der Waals surface area contributed by atoms with Gasteiger partial charge >= 0.3 is 0 Å². The van der Waals surface area contributed by atoms with Crippen molar-refractivity contribution in [3.05, 3.63) is 71.8 Å². The van der Waals surface area contributed by atoms with Crippen molar-refractivity contribution in [2.45, 2.75) is 6.92 Å². The van der Waals surface area contributed by atoms with E-state index < -0.39 is 17.6 Å². The summed E-state index contributed by atoms with van der Waals surface area (Å²) in [6.07, 6.45) is 2.85. The fraction of sp³-hybridized carbons (Fsp3) is 0.105. The van der Waals surface area contributed by atoms with E-state index >= 15 is 0 Å². The van der Waals surface area contributed by atoms with Crippen LogP contribution in [0.25, 0.3) is 6.08 Å². The van der Waals surface area contributed by atoms with Gasteiger partial charge in [-0.3, -0.25) is 9.59 Å². The van der Waals surface area contributed by atoms with Crippen LogP contribution in [-0.2, 0) is 9.59 Å². The number of rotatable bonds is 5. The molecule has 0 heterocycles. The fourth-order valence-electron chi connectivity index (χ4n) is 2.03. The number of nitrogens with zero attached hydrogens (tertiary/aromatic N) is 1. The lowest BCUT2D eigenvalue weighted by molar-refractivity contribution is -0.126. The lowest BCUT2D eigenvalue weighted by atomic mass is 10.0. The highest BCUT2D eigenvalue weighted by Crippen LogP contribution is 2.12. The first-order valence-electron chi connectivity index (χ1n) is 7.14. The van der Waals surface area contributed by atoms with Crippen LogP contribution in [0.4, 0.5) is 5.69 Å². The third-order valence-corrected chi connectivity index (χ3v) is 3.20. The van der Waals surface area contributed by atoms with Gasteiger partial charge in [-0.1, -0.05) is 48.5 Å². The Morgan fingerprint density at radius 3 is 2.52 bits per heavy atom. The summed E-state index contributed by atoms with van der Waals surface area (Å²) >= 11 is 0. The quantitative estimate of drug-likeness (QED) is 0.680. The molecule has 4 heteroatoms. The molecule has 0 saturated heterocycles. The van der Waals surface area contributed by atoms with Crippen molar-refractivity contribution in [2.24, 2.45) is 5.92 Å². The second-order valence-corrected chi connectivity index (χ2v) is 5.07. The summed E-state index contributed by atoms with van der Waals surface area (Å²) in [5, 5.41) is 11.7. The van der Waals surface area contributed by atoms with Crippen molar-refractivity contribution in [3.63, 3.8) is 0 Å². The van der Waals surface area contributed by atoms with Crippen LogP contribution in [0.1, 0.15) is 11.1 Å². The average Bonchev–Trinajstić information content (AvgIpc) is 2.54. The maximum atomic E-state index is 12.1. The molecule has 0 spiro atoms. The van der Waals surface area contributed by atoms with Gasteiger partial charge in [0.05, 0.1) is 6.07 Å². The molecule has 2 rings (SSSR count). The third kappa shape index (κ3) is 4.65. The molecular weight excluding hydrogens is 288 g/mol. The summed E-state index contributed by atoms with van der Waals surface area (Å²) in [7, 11) is 0. The van der Waals surface area contributed by atoms with E-state index in [1.807, 2.05) is 43.3 Å². The molecule has 2 aromatic carbocycles. The molecule has 1 amide bonds. The molecule has 0 fully saturated rings. The second kappa shape index (κ2) is 7.71. The summed E-state index contributed by atoms with van der Waals surface area (Å²) in [6, 6.07) is 18.2. The number of hydrogen-bond donors (Lipinski definition) is 1. The molecule has 0 aliphatic heterocycles. The minimum atomic E-state index is -1.37. The Kier molecular flexibility index (Phi) is 5.43. The van der Waals surface area contributed by atoms with Gasteiger partial charge in [-0.25, -0.2) is 0 Å². The van der Waals surface area contributed by atoms with Gasteiger partial charge in [0.1, 0.15) is 0 Å². The smallest absolute Gasteiger partial charge is 0.249 e. The minimum absolute atomic E-state index is 0.540. The Labute approximate surface area is 135 Å². The van der Waals surface area contributed by atoms with E-state index in [4.69, 9.17) is 5.26 Å². The summed E-state index contributed by atoms with van der Waals surface area (Å²) < 4.78 is 0. The van der Waals surface area contributed by atoms with E-state index in [1.165, 1.54) is 6.08 Å². The molecular formula is C19H16N2O2. The van der Waals surface area contributed by atoms with Crippen molar-refractivity contribution in [3.8, 4) is 6.07 Å². The molecule has 114 valence electrons. The van der Waals surface area contributed by atoms with E-state index in [0.29, 0.717) is 5.69 Å². The number of carbonyl (C=O) groups excluding carboxylic acids is 2. The van der Waals surface area contributed by atoms with E-state index in [2.05, 4.69) is 5.32 Å². The van der Waals surface area contributed by atoms with Gasteiger partial charge in [0.2, 0.25) is 5.91 Å². The van der Waals surface area contributed by atoms with Crippen LogP contribution < -0.4 is 5.32 Å². The zero-order valence-corrected chi connectivity index (χ0v) is 12.7. The number of nitriles is 1. The first-order valence-corrected chi connectivity index (χ1v) is 7.14. The van der Waals surface area contributed by atoms with Crippen molar-refractivity contribution in [2.75, 3.05) is 5.32 Å². The molecule has 0 aliphatic rings. The lowest BCUT2D eigenvalue weighted by Gasteiger charge is -2.08. The molecule has 1 atom stereocenters. The molecule has 23 heavy (non-hydrogen) atoms. The number of aryl methyl sites for hydroxylation is 1. The number of benzene rings is 2. The van der Waals surface area contributed by atoms with Gasteiger partial charge in [-0.15, -0.1) is 0 Å². The monoisotopic (exact) mass is 304 g/mol. The summed E-state index contributed by atoms with van der Waals surface area (Å²) in [4.78, 5) is 24.2. The number of allylic oxidation sites excluding steroid dienone is 1. The van der Waals surface area contributed by atoms with Gasteiger partial charge in [0.15, 0.2) is 11.7 Å². The van der Waals surface area contributed by atoms with Crippen LogP contribution in [-0.4, -0.2) is 11.7 Å².